The lowest BCUT2D eigenvalue weighted by Crippen LogP contribution is -2.46. The second-order valence-electron chi connectivity index (χ2n) is 6.12. The number of rotatable bonds is 4. The molecule has 2 fully saturated rings. The number of hydrogen-bond donors (Lipinski definition) is 2. The predicted octanol–water partition coefficient (Wildman–Crippen LogP) is 0.359. The zero-order chi connectivity index (χ0) is 13.8. The first-order chi connectivity index (χ1) is 9.04. The number of hydrogen-bond acceptors (Lipinski definition) is 3. The maximum absolute atomic E-state index is 12.0. The van der Waals surface area contributed by atoms with E-state index in [-0.39, 0.29) is 23.8 Å². The zero-order valence-corrected chi connectivity index (χ0v) is 11.9. The van der Waals surface area contributed by atoms with E-state index < -0.39 is 0 Å². The third-order valence-corrected chi connectivity index (χ3v) is 4.01. The van der Waals surface area contributed by atoms with Crippen molar-refractivity contribution in [3.05, 3.63) is 0 Å². The van der Waals surface area contributed by atoms with E-state index in [9.17, 15) is 9.59 Å². The number of likely N-dealkylation sites (tertiary alicyclic amines) is 1. The van der Waals surface area contributed by atoms with Gasteiger partial charge in [0.05, 0.1) is 5.92 Å². The van der Waals surface area contributed by atoms with Crippen molar-refractivity contribution in [1.29, 1.82) is 0 Å². The molecule has 2 heterocycles. The molecule has 0 saturated carbocycles. The minimum Gasteiger partial charge on any atom is -0.355 e. The molecule has 2 amide bonds. The van der Waals surface area contributed by atoms with Gasteiger partial charge in [0.25, 0.3) is 0 Å². The van der Waals surface area contributed by atoms with E-state index in [1.165, 1.54) is 12.8 Å². The van der Waals surface area contributed by atoms with E-state index in [0.29, 0.717) is 13.0 Å². The summed E-state index contributed by atoms with van der Waals surface area (Å²) in [7, 11) is 0. The van der Waals surface area contributed by atoms with Crippen LogP contribution in [0.25, 0.3) is 0 Å². The molecule has 2 aliphatic heterocycles. The van der Waals surface area contributed by atoms with Gasteiger partial charge in [-0.2, -0.15) is 0 Å². The van der Waals surface area contributed by atoms with Gasteiger partial charge in [-0.15, -0.1) is 0 Å². The Balaban J connectivity index is 1.72. The normalized spacial score (nSPS) is 29.9. The summed E-state index contributed by atoms with van der Waals surface area (Å²) in [4.78, 5) is 25.5. The van der Waals surface area contributed by atoms with Crippen LogP contribution < -0.4 is 10.6 Å². The van der Waals surface area contributed by atoms with Crippen LogP contribution in [0.2, 0.25) is 0 Å². The Labute approximate surface area is 115 Å². The van der Waals surface area contributed by atoms with Crippen molar-refractivity contribution in [3.63, 3.8) is 0 Å². The molecule has 0 spiro atoms. The quantitative estimate of drug-likeness (QED) is 0.773. The van der Waals surface area contributed by atoms with Gasteiger partial charge in [0.15, 0.2) is 0 Å². The van der Waals surface area contributed by atoms with Gasteiger partial charge >= 0.3 is 0 Å². The van der Waals surface area contributed by atoms with Crippen LogP contribution in [0.1, 0.15) is 33.1 Å². The highest BCUT2D eigenvalue weighted by Crippen LogP contribution is 2.15. The molecule has 2 N–H and O–H groups in total. The molecule has 108 valence electrons. The molecule has 5 heteroatoms. The molecule has 0 aromatic heterocycles. The van der Waals surface area contributed by atoms with E-state index in [1.807, 2.05) is 6.92 Å². The summed E-state index contributed by atoms with van der Waals surface area (Å²) >= 11 is 0. The van der Waals surface area contributed by atoms with E-state index in [1.54, 1.807) is 0 Å². The van der Waals surface area contributed by atoms with Crippen molar-refractivity contribution in [2.24, 2.45) is 11.8 Å². The lowest BCUT2D eigenvalue weighted by Gasteiger charge is -2.33. The van der Waals surface area contributed by atoms with Crippen LogP contribution in [0.15, 0.2) is 0 Å². The Morgan fingerprint density at radius 3 is 3.00 bits per heavy atom. The molecule has 2 rings (SSSR count). The lowest BCUT2D eigenvalue weighted by atomic mass is 10.00. The minimum atomic E-state index is -0.185. The van der Waals surface area contributed by atoms with Gasteiger partial charge in [0.2, 0.25) is 11.8 Å². The van der Waals surface area contributed by atoms with Crippen molar-refractivity contribution < 1.29 is 9.59 Å². The SMILES string of the molecule is CC1CCCN(CC(C)NC(=O)C2CNC(=O)C2)C1. The molecular formula is C14H25N3O2. The predicted molar refractivity (Wildman–Crippen MR) is 73.6 cm³/mol. The molecular weight excluding hydrogens is 242 g/mol. The van der Waals surface area contributed by atoms with Crippen LogP contribution in [-0.2, 0) is 9.59 Å². The topological polar surface area (TPSA) is 61.4 Å². The molecule has 19 heavy (non-hydrogen) atoms. The third-order valence-electron chi connectivity index (χ3n) is 4.01. The summed E-state index contributed by atoms with van der Waals surface area (Å²) in [5.41, 5.74) is 0. The first-order valence-electron chi connectivity index (χ1n) is 7.34. The highest BCUT2D eigenvalue weighted by atomic mass is 16.2. The second kappa shape index (κ2) is 6.37. The Hall–Kier alpha value is -1.10. The Bertz CT molecular complexity index is 346. The molecule has 0 radical (unpaired) electrons. The number of piperidine rings is 1. The van der Waals surface area contributed by atoms with Gasteiger partial charge in [0.1, 0.15) is 0 Å². The van der Waals surface area contributed by atoms with E-state index in [0.717, 1.165) is 25.6 Å². The summed E-state index contributed by atoms with van der Waals surface area (Å²) in [5, 5.41) is 5.73. The maximum Gasteiger partial charge on any atom is 0.225 e. The van der Waals surface area contributed by atoms with Gasteiger partial charge < -0.3 is 15.5 Å². The molecule has 0 aromatic rings. The van der Waals surface area contributed by atoms with Crippen LogP contribution in [0, 0.1) is 11.8 Å². The summed E-state index contributed by atoms with van der Waals surface area (Å²) in [6, 6.07) is 0.147. The van der Waals surface area contributed by atoms with Crippen molar-refractivity contribution >= 4 is 11.8 Å². The molecule has 3 unspecified atom stereocenters. The fourth-order valence-electron chi connectivity index (χ4n) is 3.04. The number of nitrogens with one attached hydrogen (secondary N) is 2. The minimum absolute atomic E-state index is 0.0101. The van der Waals surface area contributed by atoms with Crippen LogP contribution in [-0.4, -0.2) is 48.9 Å². The molecule has 0 bridgehead atoms. The summed E-state index contributed by atoms with van der Waals surface area (Å²) in [6.45, 7) is 7.98. The monoisotopic (exact) mass is 267 g/mol. The number of carbonyl (C=O) groups excluding carboxylic acids is 2. The molecule has 2 aliphatic rings. The average molecular weight is 267 g/mol. The largest absolute Gasteiger partial charge is 0.355 e. The van der Waals surface area contributed by atoms with Crippen molar-refractivity contribution in [3.8, 4) is 0 Å². The Kier molecular flexibility index (Phi) is 4.80. The van der Waals surface area contributed by atoms with Gasteiger partial charge in [-0.3, -0.25) is 9.59 Å². The maximum atomic E-state index is 12.0. The third kappa shape index (κ3) is 4.20. The van der Waals surface area contributed by atoms with Crippen molar-refractivity contribution in [2.45, 2.75) is 39.2 Å². The first-order valence-corrected chi connectivity index (χ1v) is 7.34. The summed E-state index contributed by atoms with van der Waals surface area (Å²) < 4.78 is 0. The van der Waals surface area contributed by atoms with Gasteiger partial charge in [-0.1, -0.05) is 6.92 Å². The number of nitrogens with zero attached hydrogens (tertiary/aromatic N) is 1. The first kappa shape index (κ1) is 14.3. The Morgan fingerprint density at radius 2 is 2.37 bits per heavy atom. The molecule has 0 aliphatic carbocycles. The van der Waals surface area contributed by atoms with E-state index in [2.05, 4.69) is 22.5 Å². The fourth-order valence-corrected chi connectivity index (χ4v) is 3.04. The van der Waals surface area contributed by atoms with Gasteiger partial charge in [-0.25, -0.2) is 0 Å². The lowest BCUT2D eigenvalue weighted by molar-refractivity contribution is -0.127. The molecule has 3 atom stereocenters. The van der Waals surface area contributed by atoms with Crippen molar-refractivity contribution in [2.75, 3.05) is 26.2 Å². The summed E-state index contributed by atoms with van der Waals surface area (Å²) in [6.07, 6.45) is 2.90. The standard InChI is InChI=1S/C14H25N3O2/c1-10-4-3-5-17(8-10)9-11(2)16-14(19)12-6-13(18)15-7-12/h10-12H,3-9H2,1-2H3,(H,15,18)(H,16,19). The van der Waals surface area contributed by atoms with Crippen LogP contribution >= 0.6 is 0 Å². The second-order valence-corrected chi connectivity index (χ2v) is 6.12. The van der Waals surface area contributed by atoms with Gasteiger partial charge in [-0.05, 0) is 32.2 Å². The fraction of sp³-hybridized carbons (Fsp3) is 0.857. The van der Waals surface area contributed by atoms with E-state index >= 15 is 0 Å². The smallest absolute Gasteiger partial charge is 0.225 e. The van der Waals surface area contributed by atoms with Crippen LogP contribution in [0.5, 0.6) is 0 Å². The van der Waals surface area contributed by atoms with Gasteiger partial charge in [0, 0.05) is 32.1 Å². The molecule has 5 nitrogen and oxygen atoms in total. The highest BCUT2D eigenvalue weighted by Gasteiger charge is 2.29. The number of amides is 2. The van der Waals surface area contributed by atoms with Crippen LogP contribution in [0.3, 0.4) is 0 Å². The zero-order valence-electron chi connectivity index (χ0n) is 11.9. The number of carbonyl (C=O) groups is 2. The average Bonchev–Trinajstić information content (AvgIpc) is 2.75. The molecule has 2 saturated heterocycles. The highest BCUT2D eigenvalue weighted by molar-refractivity contribution is 5.89. The Morgan fingerprint density at radius 1 is 1.58 bits per heavy atom. The molecule has 0 aromatic carbocycles. The summed E-state index contributed by atoms with van der Waals surface area (Å²) in [5.74, 6) is 0.567. The van der Waals surface area contributed by atoms with E-state index in [4.69, 9.17) is 0 Å². The van der Waals surface area contributed by atoms with Crippen molar-refractivity contribution in [1.82, 2.24) is 15.5 Å². The van der Waals surface area contributed by atoms with Crippen LogP contribution in [0.4, 0.5) is 0 Å².